The third-order valence-electron chi connectivity index (χ3n) is 4.85. The largest absolute Gasteiger partial charge is 0.381 e. The minimum Gasteiger partial charge on any atom is -0.381 e. The first-order valence-electron chi connectivity index (χ1n) is 7.85. The highest BCUT2D eigenvalue weighted by molar-refractivity contribution is 7.16. The number of aromatic nitrogens is 4. The number of ether oxygens (including phenoxy) is 1. The Morgan fingerprint density at radius 2 is 2.00 bits per heavy atom. The summed E-state index contributed by atoms with van der Waals surface area (Å²) in [7, 11) is 0. The molecule has 0 amide bonds. The van der Waals surface area contributed by atoms with Crippen LogP contribution in [-0.2, 0) is 4.74 Å². The van der Waals surface area contributed by atoms with Crippen LogP contribution >= 0.6 is 11.3 Å². The monoisotopic (exact) mass is 307 g/mol. The zero-order valence-electron chi connectivity index (χ0n) is 12.1. The van der Waals surface area contributed by atoms with Crippen molar-refractivity contribution in [3.8, 4) is 0 Å². The summed E-state index contributed by atoms with van der Waals surface area (Å²) >= 11 is 1.70. The van der Waals surface area contributed by atoms with E-state index in [4.69, 9.17) is 15.6 Å². The Hall–Kier alpha value is -1.05. The summed E-state index contributed by atoms with van der Waals surface area (Å²) in [6.45, 7) is 2.39. The molecule has 6 nitrogen and oxygen atoms in total. The van der Waals surface area contributed by atoms with Crippen molar-refractivity contribution in [2.75, 3.05) is 19.8 Å². The summed E-state index contributed by atoms with van der Waals surface area (Å²) < 4.78 is 7.41. The lowest BCUT2D eigenvalue weighted by Crippen LogP contribution is -2.20. The first-order valence-corrected chi connectivity index (χ1v) is 8.66. The zero-order chi connectivity index (χ0) is 14.2. The number of nitrogens with two attached hydrogens (primary N) is 1. The van der Waals surface area contributed by atoms with Gasteiger partial charge in [-0.1, -0.05) is 11.3 Å². The maximum atomic E-state index is 5.77. The number of fused-ring (bicyclic) bond motifs is 1. The van der Waals surface area contributed by atoms with Crippen molar-refractivity contribution >= 4 is 16.3 Å². The second-order valence-corrected chi connectivity index (χ2v) is 7.19. The van der Waals surface area contributed by atoms with Gasteiger partial charge >= 0.3 is 0 Å². The Morgan fingerprint density at radius 3 is 2.71 bits per heavy atom. The Bertz CT molecular complexity index is 610. The molecule has 114 valence electrons. The van der Waals surface area contributed by atoms with E-state index in [1.54, 1.807) is 11.3 Å². The fourth-order valence-electron chi connectivity index (χ4n) is 3.45. The molecule has 4 rings (SSSR count). The number of hydrogen-bond donors (Lipinski definition) is 1. The van der Waals surface area contributed by atoms with Crippen LogP contribution in [0.15, 0.2) is 0 Å². The molecule has 0 aromatic carbocycles. The fourth-order valence-corrected chi connectivity index (χ4v) is 4.46. The molecule has 21 heavy (non-hydrogen) atoms. The maximum absolute atomic E-state index is 5.77. The second-order valence-electron chi connectivity index (χ2n) is 6.21. The van der Waals surface area contributed by atoms with E-state index < -0.39 is 0 Å². The first kappa shape index (κ1) is 13.6. The van der Waals surface area contributed by atoms with Crippen LogP contribution in [0.5, 0.6) is 0 Å². The smallest absolute Gasteiger partial charge is 0.234 e. The Kier molecular flexibility index (Phi) is 3.64. The topological polar surface area (TPSA) is 78.3 Å². The molecule has 2 fully saturated rings. The number of nitrogens with zero attached hydrogens (tertiary/aromatic N) is 4. The first-order chi connectivity index (χ1) is 10.3. The van der Waals surface area contributed by atoms with Crippen LogP contribution in [0.25, 0.3) is 4.96 Å². The van der Waals surface area contributed by atoms with Crippen LogP contribution in [0, 0.1) is 5.92 Å². The predicted molar refractivity (Wildman–Crippen MR) is 80.6 cm³/mol. The van der Waals surface area contributed by atoms with Crippen LogP contribution in [0.1, 0.15) is 54.8 Å². The molecule has 2 N–H and O–H groups in total. The molecule has 1 atom stereocenters. The summed E-state index contributed by atoms with van der Waals surface area (Å²) in [4.78, 5) is 0.924. The van der Waals surface area contributed by atoms with Gasteiger partial charge in [-0.2, -0.15) is 9.61 Å². The van der Waals surface area contributed by atoms with Gasteiger partial charge in [-0.3, -0.25) is 0 Å². The van der Waals surface area contributed by atoms with E-state index in [1.165, 1.54) is 30.7 Å². The molecule has 1 unspecified atom stereocenters. The molecule has 0 radical (unpaired) electrons. The lowest BCUT2D eigenvalue weighted by Gasteiger charge is -2.25. The zero-order valence-corrected chi connectivity index (χ0v) is 12.9. The minimum absolute atomic E-state index is 0.350. The van der Waals surface area contributed by atoms with E-state index in [0.29, 0.717) is 17.8 Å². The summed E-state index contributed by atoms with van der Waals surface area (Å²) in [6, 6.07) is 0. The molecule has 1 aliphatic carbocycles. The summed E-state index contributed by atoms with van der Waals surface area (Å²) in [6.07, 6.45) is 5.88. The molecule has 2 aromatic rings. The van der Waals surface area contributed by atoms with Crippen molar-refractivity contribution < 1.29 is 4.74 Å². The SMILES string of the molecule is NCC1CCC(c2nn3c(C4CCOC4)nnc3s2)CC1. The van der Waals surface area contributed by atoms with Gasteiger partial charge in [-0.25, -0.2) is 0 Å². The van der Waals surface area contributed by atoms with Crippen LogP contribution in [0.3, 0.4) is 0 Å². The van der Waals surface area contributed by atoms with Gasteiger partial charge in [0.25, 0.3) is 0 Å². The van der Waals surface area contributed by atoms with Crippen molar-refractivity contribution in [3.05, 3.63) is 10.8 Å². The molecular formula is C14H21N5OS. The Morgan fingerprint density at radius 1 is 1.14 bits per heavy atom. The highest BCUT2D eigenvalue weighted by atomic mass is 32.1. The van der Waals surface area contributed by atoms with Gasteiger partial charge in [0.05, 0.1) is 6.61 Å². The molecule has 1 aliphatic heterocycles. The molecule has 1 saturated heterocycles. The molecule has 0 bridgehead atoms. The maximum Gasteiger partial charge on any atom is 0.234 e. The average Bonchev–Trinajstić information content (AvgIpc) is 3.23. The number of rotatable bonds is 3. The van der Waals surface area contributed by atoms with Gasteiger partial charge in [-0.05, 0) is 44.6 Å². The van der Waals surface area contributed by atoms with Gasteiger partial charge in [0.15, 0.2) is 5.82 Å². The average molecular weight is 307 g/mol. The third-order valence-corrected chi connectivity index (χ3v) is 5.92. The van der Waals surface area contributed by atoms with Gasteiger partial charge < -0.3 is 10.5 Å². The molecule has 1 saturated carbocycles. The van der Waals surface area contributed by atoms with E-state index in [-0.39, 0.29) is 0 Å². The van der Waals surface area contributed by atoms with E-state index in [0.717, 1.165) is 37.0 Å². The van der Waals surface area contributed by atoms with Crippen LogP contribution < -0.4 is 5.73 Å². The highest BCUT2D eigenvalue weighted by Gasteiger charge is 2.28. The van der Waals surface area contributed by atoms with Crippen molar-refractivity contribution in [2.45, 2.75) is 43.9 Å². The van der Waals surface area contributed by atoms with E-state index in [1.807, 2.05) is 4.52 Å². The van der Waals surface area contributed by atoms with E-state index >= 15 is 0 Å². The molecule has 7 heteroatoms. The summed E-state index contributed by atoms with van der Waals surface area (Å²) in [5, 5.41) is 14.6. The van der Waals surface area contributed by atoms with Crippen LogP contribution in [-0.4, -0.2) is 39.6 Å². The molecule has 0 spiro atoms. The van der Waals surface area contributed by atoms with Gasteiger partial charge in [0.1, 0.15) is 5.01 Å². The standard InChI is InChI=1S/C14H21N5OS/c15-7-9-1-3-10(4-2-9)13-18-19-12(11-5-6-20-8-11)16-17-14(19)21-13/h9-11H,1-8,15H2. The lowest BCUT2D eigenvalue weighted by molar-refractivity contribution is 0.193. The molecule has 2 aromatic heterocycles. The van der Waals surface area contributed by atoms with Crippen LogP contribution in [0.2, 0.25) is 0 Å². The van der Waals surface area contributed by atoms with Gasteiger partial charge in [0.2, 0.25) is 4.96 Å². The highest BCUT2D eigenvalue weighted by Crippen LogP contribution is 2.37. The Labute approximate surface area is 127 Å². The third kappa shape index (κ3) is 2.47. The van der Waals surface area contributed by atoms with E-state index in [2.05, 4.69) is 10.2 Å². The van der Waals surface area contributed by atoms with Gasteiger partial charge in [-0.15, -0.1) is 10.2 Å². The van der Waals surface area contributed by atoms with Crippen molar-refractivity contribution in [1.82, 2.24) is 19.8 Å². The molecule has 3 heterocycles. The van der Waals surface area contributed by atoms with Gasteiger partial charge in [0, 0.05) is 18.4 Å². The minimum atomic E-state index is 0.350. The quantitative estimate of drug-likeness (QED) is 0.937. The predicted octanol–water partition coefficient (Wildman–Crippen LogP) is 1.92. The summed E-state index contributed by atoms with van der Waals surface area (Å²) in [5.74, 6) is 2.61. The fraction of sp³-hybridized carbons (Fsp3) is 0.786. The number of hydrogen-bond acceptors (Lipinski definition) is 6. The van der Waals surface area contributed by atoms with Crippen molar-refractivity contribution in [3.63, 3.8) is 0 Å². The lowest BCUT2D eigenvalue weighted by atomic mass is 9.82. The van der Waals surface area contributed by atoms with Crippen molar-refractivity contribution in [1.29, 1.82) is 0 Å². The molecular weight excluding hydrogens is 286 g/mol. The van der Waals surface area contributed by atoms with E-state index in [9.17, 15) is 0 Å². The second kappa shape index (κ2) is 5.62. The van der Waals surface area contributed by atoms with Crippen LogP contribution in [0.4, 0.5) is 0 Å². The summed E-state index contributed by atoms with van der Waals surface area (Å²) in [5.41, 5.74) is 5.77. The normalized spacial score (nSPS) is 30.2. The molecule has 2 aliphatic rings. The van der Waals surface area contributed by atoms with Crippen molar-refractivity contribution in [2.24, 2.45) is 11.7 Å². The Balaban J connectivity index is 1.57.